The fourth-order valence-corrected chi connectivity index (χ4v) is 6.51. The van der Waals surface area contributed by atoms with Crippen LogP contribution < -0.4 is 15.2 Å². The number of rotatable bonds is 4. The predicted molar refractivity (Wildman–Crippen MR) is 148 cm³/mol. The molecule has 7 rings (SSSR count). The summed E-state index contributed by atoms with van der Waals surface area (Å²) in [4.78, 5) is 45.9. The van der Waals surface area contributed by atoms with Gasteiger partial charge in [0, 0.05) is 17.0 Å². The van der Waals surface area contributed by atoms with Gasteiger partial charge in [-0.25, -0.2) is 4.39 Å². The van der Waals surface area contributed by atoms with Crippen LogP contribution in [-0.2, 0) is 16.9 Å². The highest BCUT2D eigenvalue weighted by molar-refractivity contribution is 7.15. The van der Waals surface area contributed by atoms with E-state index in [2.05, 4.69) is 10.2 Å². The summed E-state index contributed by atoms with van der Waals surface area (Å²) in [7, 11) is 0. The predicted octanol–water partition coefficient (Wildman–Crippen LogP) is 5.36. The van der Waals surface area contributed by atoms with Crippen LogP contribution in [0.3, 0.4) is 0 Å². The van der Waals surface area contributed by atoms with Crippen LogP contribution in [-0.4, -0.2) is 22.0 Å². The van der Waals surface area contributed by atoms with Crippen LogP contribution in [0.5, 0.6) is 0 Å². The van der Waals surface area contributed by atoms with Crippen LogP contribution >= 0.6 is 11.3 Å². The van der Waals surface area contributed by atoms with Crippen LogP contribution in [0.15, 0.2) is 82.0 Å². The Balaban J connectivity index is 1.55. The summed E-state index contributed by atoms with van der Waals surface area (Å²) in [6.07, 6.45) is 0. The standard InChI is InChI=1S/C30H21FN4O4S/c1-16(2)26-32-33-29(40-26)35-27(37)25-23(24(36)18-10-4-8-14-22(18)39-25)30(35)19-11-5-7-13-21(19)34(28(30)38)15-17-9-3-6-12-20(17)31/h3-14,16H,15H2,1-2H3. The maximum Gasteiger partial charge on any atom is 0.297 e. The van der Waals surface area contributed by atoms with Crippen molar-refractivity contribution in [1.29, 1.82) is 0 Å². The monoisotopic (exact) mass is 552 g/mol. The molecule has 40 heavy (non-hydrogen) atoms. The van der Waals surface area contributed by atoms with E-state index in [1.54, 1.807) is 66.7 Å². The number of fused-ring (bicyclic) bond motifs is 5. The first-order chi connectivity index (χ1) is 19.3. The smallest absolute Gasteiger partial charge is 0.297 e. The van der Waals surface area contributed by atoms with Gasteiger partial charge in [0.05, 0.1) is 23.2 Å². The summed E-state index contributed by atoms with van der Waals surface area (Å²) in [5.41, 5.74) is -1.08. The van der Waals surface area contributed by atoms with E-state index in [9.17, 15) is 18.8 Å². The summed E-state index contributed by atoms with van der Waals surface area (Å²) < 4.78 is 20.9. The van der Waals surface area contributed by atoms with Crippen molar-refractivity contribution in [2.24, 2.45) is 0 Å². The second-order valence-corrected chi connectivity index (χ2v) is 11.0. The molecule has 1 spiro atoms. The van der Waals surface area contributed by atoms with E-state index in [0.717, 1.165) is 0 Å². The Morgan fingerprint density at radius 3 is 2.45 bits per heavy atom. The van der Waals surface area contributed by atoms with Crippen molar-refractivity contribution in [2.45, 2.75) is 31.8 Å². The molecule has 0 fully saturated rings. The molecule has 0 aliphatic carbocycles. The van der Waals surface area contributed by atoms with Crippen molar-refractivity contribution in [3.63, 3.8) is 0 Å². The summed E-state index contributed by atoms with van der Waals surface area (Å²) in [6.45, 7) is 3.79. The van der Waals surface area contributed by atoms with Crippen LogP contribution in [0.2, 0.25) is 0 Å². The second-order valence-electron chi connectivity index (χ2n) is 10.1. The number of carbonyl (C=O) groups is 2. The van der Waals surface area contributed by atoms with Crippen LogP contribution in [0.1, 0.15) is 52.0 Å². The van der Waals surface area contributed by atoms with E-state index in [4.69, 9.17) is 4.42 Å². The van der Waals surface area contributed by atoms with Gasteiger partial charge in [-0.15, -0.1) is 10.2 Å². The molecule has 2 aromatic heterocycles. The van der Waals surface area contributed by atoms with E-state index in [1.165, 1.54) is 27.2 Å². The first-order valence-corrected chi connectivity index (χ1v) is 13.5. The number of anilines is 2. The van der Waals surface area contributed by atoms with Crippen molar-refractivity contribution in [3.8, 4) is 0 Å². The van der Waals surface area contributed by atoms with Gasteiger partial charge in [-0.05, 0) is 24.3 Å². The highest BCUT2D eigenvalue weighted by Gasteiger charge is 2.66. The molecule has 8 nitrogen and oxygen atoms in total. The number of halogens is 1. The Morgan fingerprint density at radius 1 is 0.950 bits per heavy atom. The van der Waals surface area contributed by atoms with Crippen molar-refractivity contribution in [1.82, 2.24) is 10.2 Å². The molecular formula is C30H21FN4O4S. The van der Waals surface area contributed by atoms with Gasteiger partial charge in [-0.1, -0.05) is 73.7 Å². The van der Waals surface area contributed by atoms with Gasteiger partial charge in [0.2, 0.25) is 10.9 Å². The second kappa shape index (κ2) is 8.65. The molecule has 2 aliphatic rings. The zero-order valence-corrected chi connectivity index (χ0v) is 22.2. The van der Waals surface area contributed by atoms with Crippen LogP contribution in [0.4, 0.5) is 15.2 Å². The molecule has 4 heterocycles. The molecule has 1 atom stereocenters. The normalized spacial score (nSPS) is 17.9. The Bertz CT molecular complexity index is 1930. The molecule has 198 valence electrons. The number of aromatic nitrogens is 2. The Morgan fingerprint density at radius 2 is 1.68 bits per heavy atom. The Kier molecular flexibility index (Phi) is 5.27. The first kappa shape index (κ1) is 24.3. The zero-order valence-electron chi connectivity index (χ0n) is 21.4. The molecule has 5 aromatic rings. The Hall–Kier alpha value is -4.70. The molecular weight excluding hydrogens is 531 g/mol. The molecule has 0 bridgehead atoms. The minimum Gasteiger partial charge on any atom is -0.450 e. The lowest BCUT2D eigenvalue weighted by Gasteiger charge is -2.32. The van der Waals surface area contributed by atoms with Gasteiger partial charge in [0.25, 0.3) is 11.8 Å². The summed E-state index contributed by atoms with van der Waals surface area (Å²) >= 11 is 1.18. The quantitative estimate of drug-likeness (QED) is 0.298. The number of benzene rings is 3. The van der Waals surface area contributed by atoms with E-state index < -0.39 is 28.6 Å². The average molecular weight is 553 g/mol. The highest BCUT2D eigenvalue weighted by atomic mass is 32.1. The van der Waals surface area contributed by atoms with Crippen molar-refractivity contribution in [2.75, 3.05) is 9.80 Å². The maximum atomic E-state index is 14.8. The third-order valence-corrected chi connectivity index (χ3v) is 8.64. The van der Waals surface area contributed by atoms with E-state index in [0.29, 0.717) is 21.8 Å². The van der Waals surface area contributed by atoms with E-state index in [1.807, 2.05) is 13.8 Å². The number of nitrogens with zero attached hydrogens (tertiary/aromatic N) is 4. The molecule has 3 aromatic carbocycles. The molecule has 0 N–H and O–H groups in total. The highest BCUT2D eigenvalue weighted by Crippen LogP contribution is 2.54. The summed E-state index contributed by atoms with van der Waals surface area (Å²) in [5, 5.41) is 9.64. The molecule has 0 saturated carbocycles. The minimum atomic E-state index is -1.91. The van der Waals surface area contributed by atoms with E-state index in [-0.39, 0.29) is 39.9 Å². The zero-order chi connectivity index (χ0) is 27.8. The molecule has 2 aliphatic heterocycles. The topological polar surface area (TPSA) is 96.6 Å². The van der Waals surface area contributed by atoms with E-state index >= 15 is 0 Å². The largest absolute Gasteiger partial charge is 0.450 e. The number of para-hydroxylation sites is 2. The van der Waals surface area contributed by atoms with Crippen molar-refractivity contribution >= 4 is 44.9 Å². The molecule has 2 amide bonds. The van der Waals surface area contributed by atoms with Gasteiger partial charge < -0.3 is 9.32 Å². The number of hydrogen-bond acceptors (Lipinski definition) is 7. The molecule has 1 unspecified atom stereocenters. The summed E-state index contributed by atoms with van der Waals surface area (Å²) in [6, 6.07) is 19.7. The fraction of sp³-hybridized carbons (Fsp3) is 0.167. The third-order valence-electron chi connectivity index (χ3n) is 7.43. The summed E-state index contributed by atoms with van der Waals surface area (Å²) in [5.74, 6) is -1.91. The Labute approximate surface area is 231 Å². The number of hydrogen-bond donors (Lipinski definition) is 0. The van der Waals surface area contributed by atoms with Crippen molar-refractivity contribution in [3.05, 3.63) is 116 Å². The lowest BCUT2D eigenvalue weighted by molar-refractivity contribution is -0.121. The average Bonchev–Trinajstić information content (AvgIpc) is 3.60. The maximum absolute atomic E-state index is 14.8. The van der Waals surface area contributed by atoms with Gasteiger partial charge in [0.1, 0.15) is 16.4 Å². The van der Waals surface area contributed by atoms with Gasteiger partial charge in [-0.3, -0.25) is 19.3 Å². The fourth-order valence-electron chi connectivity index (χ4n) is 5.61. The lowest BCUT2D eigenvalue weighted by Crippen LogP contribution is -2.53. The first-order valence-electron chi connectivity index (χ1n) is 12.7. The van der Waals surface area contributed by atoms with Crippen molar-refractivity contribution < 1.29 is 18.4 Å². The van der Waals surface area contributed by atoms with Gasteiger partial charge in [-0.2, -0.15) is 0 Å². The minimum absolute atomic E-state index is 0.0220. The van der Waals surface area contributed by atoms with Gasteiger partial charge in [0.15, 0.2) is 11.0 Å². The third kappa shape index (κ3) is 3.13. The molecule has 10 heteroatoms. The SMILES string of the molecule is CC(C)c1nnc(N2C(=O)c3oc4ccccc4c(=O)c3C23C(=O)N(Cc2ccccc2F)c2ccccc23)s1. The van der Waals surface area contributed by atoms with Crippen LogP contribution in [0.25, 0.3) is 11.0 Å². The molecule has 0 saturated heterocycles. The number of amides is 2. The number of carbonyl (C=O) groups excluding carboxylic acids is 2. The molecule has 0 radical (unpaired) electrons. The van der Waals surface area contributed by atoms with Crippen LogP contribution in [0, 0.1) is 5.82 Å². The lowest BCUT2D eigenvalue weighted by atomic mass is 9.84. The van der Waals surface area contributed by atoms with Gasteiger partial charge >= 0.3 is 0 Å².